The molecule has 0 unspecified atom stereocenters. The maximum absolute atomic E-state index is 11.9. The Kier molecular flexibility index (Phi) is 4.27. The van der Waals surface area contributed by atoms with E-state index in [-0.39, 0.29) is 0 Å². The number of halogens is 8. The number of ether oxygens (including phenoxy) is 1. The van der Waals surface area contributed by atoms with Crippen LogP contribution in [0.2, 0.25) is 0 Å². The van der Waals surface area contributed by atoms with Gasteiger partial charge in [0.05, 0.1) is 0 Å². The Morgan fingerprint density at radius 3 is 1.69 bits per heavy atom. The van der Waals surface area contributed by atoms with Crippen molar-refractivity contribution in [3.05, 3.63) is 12.2 Å². The molecule has 0 aliphatic rings. The third-order valence-corrected chi connectivity index (χ3v) is 1.11. The van der Waals surface area contributed by atoms with Crippen molar-refractivity contribution < 1.29 is 44.7 Å². The molecule has 0 heterocycles. The van der Waals surface area contributed by atoms with Crippen LogP contribution in [0.3, 0.4) is 0 Å². The van der Waals surface area contributed by atoms with Gasteiger partial charge in [-0.1, -0.05) is 0 Å². The molecule has 0 aliphatic heterocycles. The van der Waals surface area contributed by atoms with Gasteiger partial charge >= 0.3 is 18.3 Å². The van der Waals surface area contributed by atoms with Gasteiger partial charge in [0, 0.05) is 0 Å². The predicted molar refractivity (Wildman–Crippen MR) is 32.3 cm³/mol. The fourth-order valence-corrected chi connectivity index (χ4v) is 0.527. The van der Waals surface area contributed by atoms with Gasteiger partial charge in [0.25, 0.3) is 6.10 Å². The SMILES string of the molecule is O=C(OC(C(F)(F)F)C(F)(F)F)/C(F)=C/F. The summed E-state index contributed by atoms with van der Waals surface area (Å²) in [6.45, 7) is 0. The van der Waals surface area contributed by atoms with Crippen molar-refractivity contribution >= 4 is 5.97 Å². The number of hydrogen-bond donors (Lipinski definition) is 0. The second kappa shape index (κ2) is 4.66. The summed E-state index contributed by atoms with van der Waals surface area (Å²) < 4.78 is 96.2. The maximum Gasteiger partial charge on any atom is 0.434 e. The van der Waals surface area contributed by atoms with E-state index in [1.54, 1.807) is 0 Å². The fourth-order valence-electron chi connectivity index (χ4n) is 0.527. The molecule has 0 aromatic heterocycles. The molecular weight excluding hydrogens is 256 g/mol. The molecule has 10 heteroatoms. The first kappa shape index (κ1) is 14.7. The van der Waals surface area contributed by atoms with Crippen molar-refractivity contribution in [1.29, 1.82) is 0 Å². The molecule has 0 saturated heterocycles. The van der Waals surface area contributed by atoms with E-state index in [1.165, 1.54) is 0 Å². The molecule has 0 fully saturated rings. The van der Waals surface area contributed by atoms with Gasteiger partial charge in [0.1, 0.15) is 6.33 Å². The Morgan fingerprint density at radius 1 is 1.06 bits per heavy atom. The van der Waals surface area contributed by atoms with E-state index >= 15 is 0 Å². The van der Waals surface area contributed by atoms with Gasteiger partial charge in [-0.05, 0) is 0 Å². The Balaban J connectivity index is 4.92. The lowest BCUT2D eigenvalue weighted by atomic mass is 10.3. The van der Waals surface area contributed by atoms with Gasteiger partial charge in [0.15, 0.2) is 0 Å². The quantitative estimate of drug-likeness (QED) is 0.432. The molecular formula is C6H2F8O2. The maximum atomic E-state index is 11.9. The molecule has 0 aliphatic carbocycles. The largest absolute Gasteiger partial charge is 0.437 e. The van der Waals surface area contributed by atoms with Gasteiger partial charge in [-0.25, -0.2) is 9.18 Å². The van der Waals surface area contributed by atoms with Gasteiger partial charge < -0.3 is 4.74 Å². The number of rotatable bonds is 2. The summed E-state index contributed by atoms with van der Waals surface area (Å²) in [5.41, 5.74) is 0. The van der Waals surface area contributed by atoms with Crippen LogP contribution in [0.5, 0.6) is 0 Å². The third kappa shape index (κ3) is 4.03. The van der Waals surface area contributed by atoms with Gasteiger partial charge in [-0.2, -0.15) is 30.7 Å². The lowest BCUT2D eigenvalue weighted by Gasteiger charge is -2.22. The predicted octanol–water partition coefficient (Wildman–Crippen LogP) is 2.80. The number of alkyl halides is 6. The zero-order chi connectivity index (χ0) is 13.1. The monoisotopic (exact) mass is 258 g/mol. The summed E-state index contributed by atoms with van der Waals surface area (Å²) in [6.07, 6.45) is -17.6. The van der Waals surface area contributed by atoms with E-state index in [0.29, 0.717) is 0 Å². The highest BCUT2D eigenvalue weighted by Crippen LogP contribution is 2.36. The Labute approximate surface area is 82.5 Å². The molecule has 94 valence electrons. The summed E-state index contributed by atoms with van der Waals surface area (Å²) in [5.74, 6) is -5.19. The second-order valence-electron chi connectivity index (χ2n) is 2.33. The van der Waals surface area contributed by atoms with Crippen molar-refractivity contribution in [3.8, 4) is 0 Å². The summed E-state index contributed by atoms with van der Waals surface area (Å²) in [7, 11) is 0. The van der Waals surface area contributed by atoms with Crippen LogP contribution in [0.25, 0.3) is 0 Å². The lowest BCUT2D eigenvalue weighted by molar-refractivity contribution is -0.312. The van der Waals surface area contributed by atoms with Crippen molar-refractivity contribution in [3.63, 3.8) is 0 Å². The average molecular weight is 258 g/mol. The summed E-state index contributed by atoms with van der Waals surface area (Å²) in [5, 5.41) is 0. The standard InChI is InChI=1S/C6H2F8O2/c7-1-2(8)3(15)16-4(5(9,10)11)6(12,13)14/h1,4H/b2-1-. The summed E-state index contributed by atoms with van der Waals surface area (Å²) >= 11 is 0. The first-order chi connectivity index (χ1) is 7.00. The number of carbonyl (C=O) groups is 1. The highest BCUT2D eigenvalue weighted by Gasteiger charge is 2.60. The molecule has 0 bridgehead atoms. The molecule has 0 N–H and O–H groups in total. The average Bonchev–Trinajstić information content (AvgIpc) is 2.08. The fraction of sp³-hybridized carbons (Fsp3) is 0.500. The van der Waals surface area contributed by atoms with Crippen LogP contribution >= 0.6 is 0 Å². The Morgan fingerprint density at radius 2 is 1.44 bits per heavy atom. The molecule has 0 amide bonds. The van der Waals surface area contributed by atoms with Crippen molar-refractivity contribution in [2.75, 3.05) is 0 Å². The van der Waals surface area contributed by atoms with Crippen LogP contribution in [-0.4, -0.2) is 24.4 Å². The zero-order valence-electron chi connectivity index (χ0n) is 6.99. The van der Waals surface area contributed by atoms with E-state index in [1.807, 2.05) is 0 Å². The first-order valence-electron chi connectivity index (χ1n) is 3.30. The molecule has 0 aromatic rings. The normalized spacial score (nSPS) is 14.2. The highest BCUT2D eigenvalue weighted by atomic mass is 19.4. The zero-order valence-corrected chi connectivity index (χ0v) is 6.99. The Bertz CT molecular complexity index is 274. The van der Waals surface area contributed by atoms with Gasteiger partial charge in [-0.3, -0.25) is 0 Å². The van der Waals surface area contributed by atoms with Gasteiger partial charge in [0.2, 0.25) is 5.83 Å². The van der Waals surface area contributed by atoms with Crippen molar-refractivity contribution in [2.24, 2.45) is 0 Å². The minimum Gasteiger partial charge on any atom is -0.437 e. The van der Waals surface area contributed by atoms with Crippen LogP contribution in [-0.2, 0) is 9.53 Å². The Hall–Kier alpha value is -1.35. The van der Waals surface area contributed by atoms with E-state index in [0.717, 1.165) is 0 Å². The molecule has 0 rings (SSSR count). The molecule has 0 aromatic carbocycles. The molecule has 0 saturated carbocycles. The molecule has 0 spiro atoms. The van der Waals surface area contributed by atoms with Crippen LogP contribution in [0, 0.1) is 0 Å². The van der Waals surface area contributed by atoms with Crippen LogP contribution in [0.1, 0.15) is 0 Å². The molecule has 2 nitrogen and oxygen atoms in total. The smallest absolute Gasteiger partial charge is 0.434 e. The van der Waals surface area contributed by atoms with E-state index in [4.69, 9.17) is 0 Å². The van der Waals surface area contributed by atoms with E-state index < -0.39 is 36.6 Å². The van der Waals surface area contributed by atoms with Crippen LogP contribution < -0.4 is 0 Å². The first-order valence-corrected chi connectivity index (χ1v) is 3.30. The van der Waals surface area contributed by atoms with E-state index in [9.17, 15) is 39.9 Å². The lowest BCUT2D eigenvalue weighted by Crippen LogP contribution is -2.45. The summed E-state index contributed by atoms with van der Waals surface area (Å²) in [6, 6.07) is 0. The van der Waals surface area contributed by atoms with Crippen molar-refractivity contribution in [1.82, 2.24) is 0 Å². The third-order valence-electron chi connectivity index (χ3n) is 1.11. The number of carbonyl (C=O) groups excluding carboxylic acids is 1. The highest BCUT2D eigenvalue weighted by molar-refractivity contribution is 5.85. The van der Waals surface area contributed by atoms with Crippen molar-refractivity contribution in [2.45, 2.75) is 18.5 Å². The molecule has 0 atom stereocenters. The molecule has 0 radical (unpaired) electrons. The van der Waals surface area contributed by atoms with E-state index in [2.05, 4.69) is 4.74 Å². The van der Waals surface area contributed by atoms with Gasteiger partial charge in [-0.15, -0.1) is 0 Å². The topological polar surface area (TPSA) is 26.3 Å². The number of esters is 1. The number of hydrogen-bond acceptors (Lipinski definition) is 2. The second-order valence-corrected chi connectivity index (χ2v) is 2.33. The molecule has 16 heavy (non-hydrogen) atoms. The minimum atomic E-state index is -5.97. The van der Waals surface area contributed by atoms with Crippen LogP contribution in [0.15, 0.2) is 12.2 Å². The minimum absolute atomic E-state index is 1.12. The summed E-state index contributed by atoms with van der Waals surface area (Å²) in [4.78, 5) is 10.2. The van der Waals surface area contributed by atoms with Crippen LogP contribution in [0.4, 0.5) is 35.1 Å².